The second kappa shape index (κ2) is 6.59. The number of hydrogen-bond donors (Lipinski definition) is 2. The largest absolute Gasteiger partial charge is 0.315 e. The van der Waals surface area contributed by atoms with E-state index in [1.807, 2.05) is 12.3 Å². The van der Waals surface area contributed by atoms with Crippen LogP contribution in [0.3, 0.4) is 0 Å². The van der Waals surface area contributed by atoms with Crippen LogP contribution in [0.1, 0.15) is 18.3 Å². The van der Waals surface area contributed by atoms with E-state index < -0.39 is 10.0 Å². The molecule has 0 aromatic carbocycles. The SMILES string of the molecule is CCNCCn1nc(C)c(S(=O)(=O)Nc2ccsc2)c1C. The molecule has 116 valence electrons. The normalized spacial score (nSPS) is 11.8. The number of sulfonamides is 1. The van der Waals surface area contributed by atoms with Crippen LogP contribution in [0.2, 0.25) is 0 Å². The molecule has 0 bridgehead atoms. The molecule has 0 aliphatic rings. The fourth-order valence-corrected chi connectivity index (χ4v) is 4.30. The number of thiophene rings is 1. The summed E-state index contributed by atoms with van der Waals surface area (Å²) in [5.74, 6) is 0. The topological polar surface area (TPSA) is 76.0 Å². The van der Waals surface area contributed by atoms with Crippen LogP contribution >= 0.6 is 11.3 Å². The molecule has 0 fully saturated rings. The van der Waals surface area contributed by atoms with Crippen molar-refractivity contribution in [3.8, 4) is 0 Å². The van der Waals surface area contributed by atoms with Gasteiger partial charge in [0, 0.05) is 11.9 Å². The number of nitrogens with one attached hydrogen (secondary N) is 2. The molecule has 0 aliphatic carbocycles. The maximum atomic E-state index is 12.5. The first-order chi connectivity index (χ1) is 9.95. The summed E-state index contributed by atoms with van der Waals surface area (Å²) in [6.45, 7) is 7.82. The van der Waals surface area contributed by atoms with Crippen molar-refractivity contribution in [3.05, 3.63) is 28.2 Å². The van der Waals surface area contributed by atoms with Crippen molar-refractivity contribution >= 4 is 27.0 Å². The lowest BCUT2D eigenvalue weighted by molar-refractivity contribution is 0.550. The highest BCUT2D eigenvalue weighted by molar-refractivity contribution is 7.92. The second-order valence-corrected chi connectivity index (χ2v) is 7.09. The molecular weight excluding hydrogens is 308 g/mol. The molecule has 2 rings (SSSR count). The fourth-order valence-electron chi connectivity index (χ4n) is 2.18. The first kappa shape index (κ1) is 16.0. The zero-order chi connectivity index (χ0) is 15.5. The third-order valence-corrected chi connectivity index (χ3v) is 5.42. The molecular formula is C13H20N4O2S2. The van der Waals surface area contributed by atoms with Gasteiger partial charge >= 0.3 is 0 Å². The molecule has 0 saturated heterocycles. The van der Waals surface area contributed by atoms with E-state index in [0.29, 0.717) is 23.6 Å². The van der Waals surface area contributed by atoms with E-state index in [4.69, 9.17) is 0 Å². The van der Waals surface area contributed by atoms with Crippen LogP contribution in [0, 0.1) is 13.8 Å². The minimum Gasteiger partial charge on any atom is -0.315 e. The van der Waals surface area contributed by atoms with Gasteiger partial charge in [-0.05, 0) is 31.8 Å². The van der Waals surface area contributed by atoms with Gasteiger partial charge in [-0.15, -0.1) is 0 Å². The summed E-state index contributed by atoms with van der Waals surface area (Å²) in [4.78, 5) is 0.269. The summed E-state index contributed by atoms with van der Waals surface area (Å²) in [5, 5.41) is 11.1. The lowest BCUT2D eigenvalue weighted by atomic mass is 10.4. The molecule has 8 heteroatoms. The Kier molecular flexibility index (Phi) is 5.02. The van der Waals surface area contributed by atoms with E-state index >= 15 is 0 Å². The Morgan fingerprint density at radius 2 is 2.14 bits per heavy atom. The maximum absolute atomic E-state index is 12.5. The second-order valence-electron chi connectivity index (χ2n) is 4.69. The zero-order valence-corrected chi connectivity index (χ0v) is 14.0. The average Bonchev–Trinajstić information content (AvgIpc) is 2.98. The Hall–Kier alpha value is -1.38. The quantitative estimate of drug-likeness (QED) is 0.762. The van der Waals surface area contributed by atoms with Crippen LogP contribution in [0.25, 0.3) is 0 Å². The molecule has 0 saturated carbocycles. The van der Waals surface area contributed by atoms with Crippen LogP contribution in [0.5, 0.6) is 0 Å². The van der Waals surface area contributed by atoms with Gasteiger partial charge in [-0.1, -0.05) is 6.92 Å². The summed E-state index contributed by atoms with van der Waals surface area (Å²) >= 11 is 1.45. The Morgan fingerprint density at radius 1 is 1.38 bits per heavy atom. The molecule has 0 unspecified atom stereocenters. The highest BCUT2D eigenvalue weighted by Crippen LogP contribution is 2.23. The summed E-state index contributed by atoms with van der Waals surface area (Å²) in [7, 11) is -3.60. The number of rotatable bonds is 7. The van der Waals surface area contributed by atoms with E-state index in [-0.39, 0.29) is 4.90 Å². The van der Waals surface area contributed by atoms with Crippen LogP contribution in [0.4, 0.5) is 5.69 Å². The van der Waals surface area contributed by atoms with Gasteiger partial charge < -0.3 is 5.32 Å². The van der Waals surface area contributed by atoms with Gasteiger partial charge in [-0.3, -0.25) is 9.40 Å². The molecule has 2 heterocycles. The zero-order valence-electron chi connectivity index (χ0n) is 12.4. The number of hydrogen-bond acceptors (Lipinski definition) is 5. The van der Waals surface area contributed by atoms with Crippen LogP contribution in [0.15, 0.2) is 21.7 Å². The molecule has 0 aliphatic heterocycles. The lowest BCUT2D eigenvalue weighted by Crippen LogP contribution is -2.20. The van der Waals surface area contributed by atoms with Crippen molar-refractivity contribution in [2.75, 3.05) is 17.8 Å². The summed E-state index contributed by atoms with van der Waals surface area (Å²) in [5.41, 5.74) is 1.76. The van der Waals surface area contributed by atoms with E-state index in [9.17, 15) is 8.42 Å². The van der Waals surface area contributed by atoms with Gasteiger partial charge in [-0.25, -0.2) is 8.42 Å². The number of nitrogens with zero attached hydrogens (tertiary/aromatic N) is 2. The van der Waals surface area contributed by atoms with Crippen molar-refractivity contribution < 1.29 is 8.42 Å². The first-order valence-corrected chi connectivity index (χ1v) is 9.18. The van der Waals surface area contributed by atoms with E-state index in [0.717, 1.165) is 13.1 Å². The van der Waals surface area contributed by atoms with Crippen LogP contribution < -0.4 is 10.0 Å². The highest BCUT2D eigenvalue weighted by Gasteiger charge is 2.24. The molecule has 0 radical (unpaired) electrons. The Labute approximate surface area is 129 Å². The van der Waals surface area contributed by atoms with Crippen molar-refractivity contribution in [1.29, 1.82) is 0 Å². The molecule has 0 amide bonds. The third-order valence-electron chi connectivity index (χ3n) is 3.11. The standard InChI is InChI=1S/C13H20N4O2S2/c1-4-14-6-7-17-11(3)13(10(2)15-17)21(18,19)16-12-5-8-20-9-12/h5,8-9,14,16H,4,6-7H2,1-3H3. The predicted molar refractivity (Wildman–Crippen MR) is 85.4 cm³/mol. The van der Waals surface area contributed by atoms with Crippen molar-refractivity contribution in [2.45, 2.75) is 32.2 Å². The van der Waals surface area contributed by atoms with Gasteiger partial charge in [0.25, 0.3) is 10.0 Å². The molecule has 2 aromatic rings. The van der Waals surface area contributed by atoms with Crippen molar-refractivity contribution in [1.82, 2.24) is 15.1 Å². The van der Waals surface area contributed by atoms with E-state index in [2.05, 4.69) is 15.1 Å². The third kappa shape index (κ3) is 3.63. The Morgan fingerprint density at radius 3 is 2.76 bits per heavy atom. The number of aryl methyl sites for hydroxylation is 1. The van der Waals surface area contributed by atoms with Gasteiger partial charge in [0.15, 0.2) is 0 Å². The Bertz CT molecular complexity index is 690. The lowest BCUT2D eigenvalue weighted by Gasteiger charge is -2.08. The minimum atomic E-state index is -3.60. The summed E-state index contributed by atoms with van der Waals surface area (Å²) in [6, 6.07) is 1.74. The Balaban J connectivity index is 2.26. The van der Waals surface area contributed by atoms with E-state index in [1.54, 1.807) is 30.0 Å². The average molecular weight is 328 g/mol. The van der Waals surface area contributed by atoms with E-state index in [1.165, 1.54) is 11.3 Å². The molecule has 21 heavy (non-hydrogen) atoms. The molecule has 6 nitrogen and oxygen atoms in total. The molecule has 2 N–H and O–H groups in total. The number of anilines is 1. The maximum Gasteiger partial charge on any atom is 0.265 e. The van der Waals surface area contributed by atoms with Gasteiger partial charge in [-0.2, -0.15) is 16.4 Å². The molecule has 0 atom stereocenters. The van der Waals surface area contributed by atoms with Gasteiger partial charge in [0.2, 0.25) is 0 Å². The molecule has 2 aromatic heterocycles. The monoisotopic (exact) mass is 328 g/mol. The predicted octanol–water partition coefficient (Wildman–Crippen LogP) is 1.97. The van der Waals surface area contributed by atoms with Gasteiger partial charge in [0.1, 0.15) is 4.90 Å². The smallest absolute Gasteiger partial charge is 0.265 e. The number of likely N-dealkylation sites (N-methyl/N-ethyl adjacent to an activating group) is 1. The minimum absolute atomic E-state index is 0.269. The highest BCUT2D eigenvalue weighted by atomic mass is 32.2. The van der Waals surface area contributed by atoms with Crippen LogP contribution in [-0.4, -0.2) is 31.3 Å². The van der Waals surface area contributed by atoms with Crippen molar-refractivity contribution in [3.63, 3.8) is 0 Å². The summed E-state index contributed by atoms with van der Waals surface area (Å²) in [6.07, 6.45) is 0. The van der Waals surface area contributed by atoms with Crippen molar-refractivity contribution in [2.24, 2.45) is 0 Å². The summed E-state index contributed by atoms with van der Waals surface area (Å²) < 4.78 is 29.3. The van der Waals surface area contributed by atoms with Crippen LogP contribution in [-0.2, 0) is 16.6 Å². The molecule has 0 spiro atoms. The first-order valence-electron chi connectivity index (χ1n) is 6.75. The number of aromatic nitrogens is 2. The fraction of sp³-hybridized carbons (Fsp3) is 0.462. The van der Waals surface area contributed by atoms with Gasteiger partial charge in [0.05, 0.1) is 23.6 Å².